The van der Waals surface area contributed by atoms with Crippen LogP contribution >= 0.6 is 0 Å². The van der Waals surface area contributed by atoms with Crippen LogP contribution in [0.25, 0.3) is 12.2 Å². The van der Waals surface area contributed by atoms with Gasteiger partial charge in [-0.3, -0.25) is 10.1 Å². The quantitative estimate of drug-likeness (QED) is 0.672. The molecule has 1 aromatic carbocycles. The highest BCUT2D eigenvalue weighted by molar-refractivity contribution is 5.93. The summed E-state index contributed by atoms with van der Waals surface area (Å²) < 4.78 is 5.09. The number of ether oxygens (including phenoxy) is 1. The van der Waals surface area contributed by atoms with E-state index in [1.165, 1.54) is 6.08 Å². The number of carboxylic acid groups (broad SMARTS) is 1. The van der Waals surface area contributed by atoms with Crippen molar-refractivity contribution in [3.05, 3.63) is 63.5 Å². The van der Waals surface area contributed by atoms with Crippen LogP contribution in [0.5, 0.6) is 5.75 Å². The predicted octanol–water partition coefficient (Wildman–Crippen LogP) is 2.87. The molecule has 2 aromatic rings. The minimum absolute atomic E-state index is 0.140. The standard InChI is InChI=1S/C15H12N2O5/c1-22-12-4-2-3-10(7-12)5-6-14-13(15(18)19)8-11(9-16-14)17(20)21/h2-9H,1H3,(H,18,19)/b6-5-. The fourth-order valence-corrected chi connectivity index (χ4v) is 1.79. The summed E-state index contributed by atoms with van der Waals surface area (Å²) in [4.78, 5) is 25.0. The minimum Gasteiger partial charge on any atom is -0.497 e. The molecular formula is C15H12N2O5. The highest BCUT2D eigenvalue weighted by Crippen LogP contribution is 2.19. The predicted molar refractivity (Wildman–Crippen MR) is 79.8 cm³/mol. The number of carbonyl (C=O) groups is 1. The molecule has 0 aliphatic carbocycles. The Morgan fingerprint density at radius 3 is 2.77 bits per heavy atom. The van der Waals surface area contributed by atoms with Crippen LogP contribution in [0.15, 0.2) is 36.5 Å². The lowest BCUT2D eigenvalue weighted by molar-refractivity contribution is -0.385. The van der Waals surface area contributed by atoms with Crippen molar-refractivity contribution < 1.29 is 19.6 Å². The molecule has 7 nitrogen and oxygen atoms in total. The van der Waals surface area contributed by atoms with Gasteiger partial charge in [0.1, 0.15) is 11.9 Å². The van der Waals surface area contributed by atoms with E-state index in [2.05, 4.69) is 4.98 Å². The second-order valence-electron chi connectivity index (χ2n) is 4.30. The molecule has 0 aliphatic heterocycles. The van der Waals surface area contributed by atoms with E-state index < -0.39 is 10.9 Å². The van der Waals surface area contributed by atoms with Gasteiger partial charge in [-0.25, -0.2) is 9.78 Å². The number of pyridine rings is 1. The Labute approximate surface area is 125 Å². The van der Waals surface area contributed by atoms with Gasteiger partial charge in [0.05, 0.1) is 23.3 Å². The van der Waals surface area contributed by atoms with Gasteiger partial charge in [0.25, 0.3) is 5.69 Å². The Bertz CT molecular complexity index is 755. The number of nitrogens with zero attached hydrogens (tertiary/aromatic N) is 2. The fraction of sp³-hybridized carbons (Fsp3) is 0.0667. The first-order valence-electron chi connectivity index (χ1n) is 6.21. The summed E-state index contributed by atoms with van der Waals surface area (Å²) in [5.41, 5.74) is 0.334. The van der Waals surface area contributed by atoms with E-state index in [0.717, 1.165) is 17.8 Å². The third kappa shape index (κ3) is 3.45. The summed E-state index contributed by atoms with van der Waals surface area (Å²) in [6.07, 6.45) is 4.17. The van der Waals surface area contributed by atoms with Gasteiger partial charge in [-0.15, -0.1) is 0 Å². The minimum atomic E-state index is -1.28. The lowest BCUT2D eigenvalue weighted by atomic mass is 10.1. The second kappa shape index (κ2) is 6.49. The van der Waals surface area contributed by atoms with Gasteiger partial charge in [-0.05, 0) is 23.8 Å². The SMILES string of the molecule is COc1cccc(/C=C\c2ncc([N+](=O)[O-])cc2C(=O)O)c1. The van der Waals surface area contributed by atoms with Crippen molar-refractivity contribution >= 4 is 23.8 Å². The molecule has 0 saturated carbocycles. The topological polar surface area (TPSA) is 103 Å². The van der Waals surface area contributed by atoms with Crippen LogP contribution in [0.2, 0.25) is 0 Å². The monoisotopic (exact) mass is 300 g/mol. The van der Waals surface area contributed by atoms with Crippen LogP contribution in [0.4, 0.5) is 5.69 Å². The average molecular weight is 300 g/mol. The number of aromatic nitrogens is 1. The summed E-state index contributed by atoms with van der Waals surface area (Å²) in [6, 6.07) is 8.14. The van der Waals surface area contributed by atoms with Crippen LogP contribution in [-0.4, -0.2) is 28.1 Å². The summed E-state index contributed by atoms with van der Waals surface area (Å²) in [6.45, 7) is 0. The summed E-state index contributed by atoms with van der Waals surface area (Å²) in [5.74, 6) is -0.612. The van der Waals surface area contributed by atoms with Gasteiger partial charge in [0.15, 0.2) is 0 Å². The molecule has 0 radical (unpaired) electrons. The lowest BCUT2D eigenvalue weighted by Crippen LogP contribution is -2.03. The maximum absolute atomic E-state index is 11.2. The van der Waals surface area contributed by atoms with Crippen LogP contribution in [0, 0.1) is 10.1 Å². The normalized spacial score (nSPS) is 10.6. The molecule has 1 heterocycles. The molecule has 0 spiro atoms. The number of nitro groups is 1. The summed E-state index contributed by atoms with van der Waals surface area (Å²) in [7, 11) is 1.54. The Hall–Kier alpha value is -3.22. The van der Waals surface area contributed by atoms with Gasteiger partial charge in [0, 0.05) is 6.07 Å². The second-order valence-corrected chi connectivity index (χ2v) is 4.30. The number of hydrogen-bond donors (Lipinski definition) is 1. The Morgan fingerprint density at radius 2 is 2.14 bits per heavy atom. The van der Waals surface area contributed by atoms with Crippen LogP contribution in [-0.2, 0) is 0 Å². The van der Waals surface area contributed by atoms with E-state index in [9.17, 15) is 14.9 Å². The lowest BCUT2D eigenvalue weighted by Gasteiger charge is -2.02. The van der Waals surface area contributed by atoms with Gasteiger partial charge < -0.3 is 9.84 Å². The summed E-state index contributed by atoms with van der Waals surface area (Å²) >= 11 is 0. The highest BCUT2D eigenvalue weighted by Gasteiger charge is 2.15. The Morgan fingerprint density at radius 1 is 1.36 bits per heavy atom. The average Bonchev–Trinajstić information content (AvgIpc) is 2.52. The molecule has 0 bridgehead atoms. The van der Waals surface area contributed by atoms with Crippen molar-refractivity contribution in [1.29, 1.82) is 0 Å². The third-order valence-electron chi connectivity index (χ3n) is 2.87. The maximum Gasteiger partial charge on any atom is 0.338 e. The first-order chi connectivity index (χ1) is 10.5. The van der Waals surface area contributed by atoms with Crippen LogP contribution in [0.1, 0.15) is 21.6 Å². The zero-order valence-electron chi connectivity index (χ0n) is 11.6. The molecule has 0 atom stereocenters. The number of aromatic carboxylic acids is 1. The number of methoxy groups -OCH3 is 1. The largest absolute Gasteiger partial charge is 0.497 e. The van der Waals surface area contributed by atoms with Gasteiger partial charge >= 0.3 is 5.97 Å². The molecule has 0 fully saturated rings. The number of hydrogen-bond acceptors (Lipinski definition) is 5. The van der Waals surface area contributed by atoms with E-state index in [1.54, 1.807) is 31.4 Å². The van der Waals surface area contributed by atoms with E-state index >= 15 is 0 Å². The smallest absolute Gasteiger partial charge is 0.338 e. The third-order valence-corrected chi connectivity index (χ3v) is 2.87. The summed E-state index contributed by atoms with van der Waals surface area (Å²) in [5, 5.41) is 19.8. The van der Waals surface area contributed by atoms with E-state index in [1.807, 2.05) is 6.07 Å². The molecular weight excluding hydrogens is 288 g/mol. The van der Waals surface area contributed by atoms with Gasteiger partial charge in [-0.1, -0.05) is 18.2 Å². The molecule has 0 aliphatic rings. The molecule has 22 heavy (non-hydrogen) atoms. The molecule has 1 N–H and O–H groups in total. The Kier molecular flexibility index (Phi) is 4.47. The van der Waals surface area contributed by atoms with Crippen molar-refractivity contribution in [3.8, 4) is 5.75 Å². The van der Waals surface area contributed by atoms with E-state index in [-0.39, 0.29) is 16.9 Å². The molecule has 7 heteroatoms. The van der Waals surface area contributed by atoms with Crippen molar-refractivity contribution in [1.82, 2.24) is 4.98 Å². The highest BCUT2D eigenvalue weighted by atomic mass is 16.6. The number of rotatable bonds is 5. The molecule has 0 saturated heterocycles. The van der Waals surface area contributed by atoms with Gasteiger partial charge in [0.2, 0.25) is 0 Å². The van der Waals surface area contributed by atoms with E-state index in [0.29, 0.717) is 5.75 Å². The number of carboxylic acids is 1. The maximum atomic E-state index is 11.2. The zero-order chi connectivity index (χ0) is 16.1. The first kappa shape index (κ1) is 15.2. The van der Waals surface area contributed by atoms with Gasteiger partial charge in [-0.2, -0.15) is 0 Å². The molecule has 0 unspecified atom stereocenters. The van der Waals surface area contributed by atoms with E-state index in [4.69, 9.17) is 9.84 Å². The first-order valence-corrected chi connectivity index (χ1v) is 6.21. The van der Waals surface area contributed by atoms with Crippen molar-refractivity contribution in [2.45, 2.75) is 0 Å². The van der Waals surface area contributed by atoms with Crippen molar-refractivity contribution in [2.75, 3.05) is 7.11 Å². The van der Waals surface area contributed by atoms with Crippen molar-refractivity contribution in [2.24, 2.45) is 0 Å². The molecule has 2 rings (SSSR count). The molecule has 1 aromatic heterocycles. The molecule has 0 amide bonds. The number of benzene rings is 1. The van der Waals surface area contributed by atoms with Crippen molar-refractivity contribution in [3.63, 3.8) is 0 Å². The van der Waals surface area contributed by atoms with Crippen LogP contribution < -0.4 is 4.74 Å². The fourth-order valence-electron chi connectivity index (χ4n) is 1.79. The molecule has 112 valence electrons. The Balaban J connectivity index is 2.37. The zero-order valence-corrected chi connectivity index (χ0v) is 11.6. The van der Waals surface area contributed by atoms with Crippen LogP contribution in [0.3, 0.4) is 0 Å².